The van der Waals surface area contributed by atoms with E-state index in [0.29, 0.717) is 5.95 Å². The van der Waals surface area contributed by atoms with Crippen molar-refractivity contribution >= 4 is 11.6 Å². The van der Waals surface area contributed by atoms with E-state index in [9.17, 15) is 0 Å². The number of rotatable bonds is 3. The molecule has 3 rings (SSSR count). The van der Waals surface area contributed by atoms with Crippen LogP contribution in [0.2, 0.25) is 5.28 Å². The average Bonchev–Trinajstić information content (AvgIpc) is 2.76. The fourth-order valence-electron chi connectivity index (χ4n) is 1.43. The molecule has 0 aromatic carbocycles. The molecule has 0 saturated heterocycles. The SMILES string of the molecule is Clc1nc(OC2CCC2)nc(-n2cncn2)n1. The first-order valence-electron chi connectivity index (χ1n) is 5.24. The molecule has 7 nitrogen and oxygen atoms in total. The van der Waals surface area contributed by atoms with Crippen LogP contribution in [0, 0.1) is 0 Å². The van der Waals surface area contributed by atoms with Crippen molar-refractivity contribution in [3.05, 3.63) is 17.9 Å². The molecule has 2 aromatic heterocycles. The van der Waals surface area contributed by atoms with Gasteiger partial charge < -0.3 is 4.74 Å². The highest BCUT2D eigenvalue weighted by Crippen LogP contribution is 2.23. The third kappa shape index (κ3) is 2.19. The average molecular weight is 253 g/mol. The molecule has 17 heavy (non-hydrogen) atoms. The maximum atomic E-state index is 5.81. The minimum Gasteiger partial charge on any atom is -0.460 e. The minimum atomic E-state index is 0.0832. The molecule has 0 amide bonds. The normalized spacial score (nSPS) is 15.6. The van der Waals surface area contributed by atoms with Gasteiger partial charge in [-0.1, -0.05) is 0 Å². The van der Waals surface area contributed by atoms with E-state index >= 15 is 0 Å². The van der Waals surface area contributed by atoms with E-state index in [1.165, 1.54) is 23.8 Å². The Balaban J connectivity index is 1.89. The van der Waals surface area contributed by atoms with Crippen molar-refractivity contribution in [1.82, 2.24) is 29.7 Å². The van der Waals surface area contributed by atoms with Gasteiger partial charge in [0, 0.05) is 0 Å². The number of hydrogen-bond acceptors (Lipinski definition) is 6. The van der Waals surface area contributed by atoms with Gasteiger partial charge in [-0.3, -0.25) is 0 Å². The highest BCUT2D eigenvalue weighted by Gasteiger charge is 2.21. The summed E-state index contributed by atoms with van der Waals surface area (Å²) in [5.41, 5.74) is 0. The van der Waals surface area contributed by atoms with Crippen molar-refractivity contribution < 1.29 is 4.74 Å². The molecular weight excluding hydrogens is 244 g/mol. The Morgan fingerprint density at radius 3 is 2.82 bits per heavy atom. The Kier molecular flexibility index (Phi) is 2.60. The molecule has 0 unspecified atom stereocenters. The molecule has 0 atom stereocenters. The number of hydrogen-bond donors (Lipinski definition) is 0. The van der Waals surface area contributed by atoms with Crippen LogP contribution in [0.4, 0.5) is 0 Å². The quantitative estimate of drug-likeness (QED) is 0.812. The van der Waals surface area contributed by atoms with Gasteiger partial charge in [0.2, 0.25) is 5.28 Å². The summed E-state index contributed by atoms with van der Waals surface area (Å²) >= 11 is 5.81. The van der Waals surface area contributed by atoms with E-state index in [-0.39, 0.29) is 17.4 Å². The Bertz CT molecular complexity index is 512. The van der Waals surface area contributed by atoms with E-state index in [0.717, 1.165) is 12.8 Å². The van der Waals surface area contributed by atoms with Crippen LogP contribution >= 0.6 is 11.6 Å². The van der Waals surface area contributed by atoms with Crippen LogP contribution in [0.15, 0.2) is 12.7 Å². The first-order chi connectivity index (χ1) is 8.31. The summed E-state index contributed by atoms with van der Waals surface area (Å²) in [4.78, 5) is 15.8. The Morgan fingerprint density at radius 2 is 2.18 bits per heavy atom. The van der Waals surface area contributed by atoms with Gasteiger partial charge in [-0.2, -0.15) is 24.7 Å². The van der Waals surface area contributed by atoms with Gasteiger partial charge in [0.05, 0.1) is 0 Å². The molecule has 0 N–H and O–H groups in total. The lowest BCUT2D eigenvalue weighted by Crippen LogP contribution is -2.25. The van der Waals surface area contributed by atoms with Crippen LogP contribution in [-0.2, 0) is 0 Å². The van der Waals surface area contributed by atoms with Crippen molar-refractivity contribution in [1.29, 1.82) is 0 Å². The zero-order valence-electron chi connectivity index (χ0n) is 8.82. The van der Waals surface area contributed by atoms with Gasteiger partial charge in [0.25, 0.3) is 5.95 Å². The van der Waals surface area contributed by atoms with Gasteiger partial charge in [-0.15, -0.1) is 0 Å². The number of nitrogens with zero attached hydrogens (tertiary/aromatic N) is 6. The van der Waals surface area contributed by atoms with E-state index in [1.54, 1.807) is 0 Å². The van der Waals surface area contributed by atoms with E-state index in [2.05, 4.69) is 25.0 Å². The standard InChI is InChI=1S/C9H9ClN6O/c10-7-13-8(16-5-11-4-12-16)15-9(14-7)17-6-2-1-3-6/h4-6H,1-3H2. The Labute approximate surface area is 102 Å². The lowest BCUT2D eigenvalue weighted by Gasteiger charge is -2.24. The van der Waals surface area contributed by atoms with Crippen molar-refractivity contribution in [3.63, 3.8) is 0 Å². The first kappa shape index (κ1) is 10.4. The predicted molar refractivity (Wildman–Crippen MR) is 58.0 cm³/mol. The van der Waals surface area contributed by atoms with Crippen molar-refractivity contribution in [2.75, 3.05) is 0 Å². The largest absolute Gasteiger partial charge is 0.460 e. The van der Waals surface area contributed by atoms with E-state index < -0.39 is 0 Å². The summed E-state index contributed by atoms with van der Waals surface area (Å²) in [6.07, 6.45) is 6.31. The summed E-state index contributed by atoms with van der Waals surface area (Å²) < 4.78 is 6.97. The second-order valence-corrected chi connectivity index (χ2v) is 4.04. The first-order valence-corrected chi connectivity index (χ1v) is 5.62. The predicted octanol–water partition coefficient (Wildman–Crippen LogP) is 1.04. The third-order valence-electron chi connectivity index (χ3n) is 2.52. The Hall–Kier alpha value is -1.76. The number of halogens is 1. The molecule has 2 aromatic rings. The molecule has 0 bridgehead atoms. The van der Waals surface area contributed by atoms with Crippen LogP contribution in [0.25, 0.3) is 5.95 Å². The smallest absolute Gasteiger partial charge is 0.322 e. The lowest BCUT2D eigenvalue weighted by atomic mass is 9.96. The maximum absolute atomic E-state index is 5.81. The van der Waals surface area contributed by atoms with Gasteiger partial charge in [-0.05, 0) is 30.9 Å². The molecule has 0 aliphatic heterocycles. The van der Waals surface area contributed by atoms with Crippen LogP contribution in [-0.4, -0.2) is 35.8 Å². The van der Waals surface area contributed by atoms with Gasteiger partial charge in [0.1, 0.15) is 18.8 Å². The van der Waals surface area contributed by atoms with Crippen molar-refractivity contribution in [2.24, 2.45) is 0 Å². The molecule has 88 valence electrons. The molecular formula is C9H9ClN6O. The van der Waals surface area contributed by atoms with E-state index in [4.69, 9.17) is 16.3 Å². The summed E-state index contributed by atoms with van der Waals surface area (Å²) in [7, 11) is 0. The molecule has 1 saturated carbocycles. The van der Waals surface area contributed by atoms with Crippen LogP contribution in [0.5, 0.6) is 6.01 Å². The fraction of sp³-hybridized carbons (Fsp3) is 0.444. The van der Waals surface area contributed by atoms with Gasteiger partial charge in [0.15, 0.2) is 0 Å². The molecule has 0 radical (unpaired) electrons. The highest BCUT2D eigenvalue weighted by atomic mass is 35.5. The molecule has 0 spiro atoms. The number of ether oxygens (including phenoxy) is 1. The minimum absolute atomic E-state index is 0.0832. The maximum Gasteiger partial charge on any atom is 0.322 e. The molecule has 8 heteroatoms. The zero-order chi connectivity index (χ0) is 11.7. The summed E-state index contributed by atoms with van der Waals surface area (Å²) in [5, 5.41) is 4.00. The summed E-state index contributed by atoms with van der Waals surface area (Å²) in [5.74, 6) is 0.303. The van der Waals surface area contributed by atoms with E-state index in [1.807, 2.05) is 0 Å². The molecule has 1 fully saturated rings. The summed E-state index contributed by atoms with van der Waals surface area (Å²) in [6.45, 7) is 0. The zero-order valence-corrected chi connectivity index (χ0v) is 9.58. The van der Waals surface area contributed by atoms with Gasteiger partial charge in [-0.25, -0.2) is 4.98 Å². The van der Waals surface area contributed by atoms with Crippen LogP contribution < -0.4 is 4.74 Å². The van der Waals surface area contributed by atoms with Crippen molar-refractivity contribution in [3.8, 4) is 12.0 Å². The topological polar surface area (TPSA) is 78.6 Å². The number of aromatic nitrogens is 6. The van der Waals surface area contributed by atoms with Crippen molar-refractivity contribution in [2.45, 2.75) is 25.4 Å². The molecule has 2 heterocycles. The fourth-order valence-corrected chi connectivity index (χ4v) is 1.57. The van der Waals surface area contributed by atoms with Crippen LogP contribution in [0.1, 0.15) is 19.3 Å². The van der Waals surface area contributed by atoms with Gasteiger partial charge >= 0.3 is 6.01 Å². The molecule has 1 aliphatic carbocycles. The highest BCUT2D eigenvalue weighted by molar-refractivity contribution is 6.28. The second kappa shape index (κ2) is 4.25. The third-order valence-corrected chi connectivity index (χ3v) is 2.69. The lowest BCUT2D eigenvalue weighted by molar-refractivity contribution is 0.108. The Morgan fingerprint density at radius 1 is 1.29 bits per heavy atom. The van der Waals surface area contributed by atoms with Crippen LogP contribution in [0.3, 0.4) is 0 Å². The second-order valence-electron chi connectivity index (χ2n) is 3.70. The molecule has 1 aliphatic rings. The monoisotopic (exact) mass is 252 g/mol. The summed E-state index contributed by atoms with van der Waals surface area (Å²) in [6, 6.07) is 0.236.